The van der Waals surface area contributed by atoms with Crippen LogP contribution < -0.4 is 15.4 Å². The molecule has 0 unspecified atom stereocenters. The van der Waals surface area contributed by atoms with Crippen molar-refractivity contribution < 1.29 is 37.8 Å². The quantitative estimate of drug-likeness (QED) is 0.491. The van der Waals surface area contributed by atoms with Crippen LogP contribution in [0.15, 0.2) is 18.2 Å². The molecule has 10 nitrogen and oxygen atoms in total. The highest BCUT2D eigenvalue weighted by Gasteiger charge is 2.59. The number of likely N-dealkylation sites (tertiary alicyclic amines) is 1. The van der Waals surface area contributed by atoms with Gasteiger partial charge in [-0.3, -0.25) is 19.2 Å². The predicted molar refractivity (Wildman–Crippen MR) is 133 cm³/mol. The molecule has 0 radical (unpaired) electrons. The molecule has 2 aliphatic heterocycles. The second-order valence-corrected chi connectivity index (χ2v) is 11.3. The number of fused-ring (bicyclic) bond motifs is 2. The van der Waals surface area contributed by atoms with E-state index in [1.165, 1.54) is 25.3 Å². The Labute approximate surface area is 221 Å². The van der Waals surface area contributed by atoms with Gasteiger partial charge in [0.25, 0.3) is 5.91 Å². The van der Waals surface area contributed by atoms with E-state index < -0.39 is 58.8 Å². The van der Waals surface area contributed by atoms with Crippen molar-refractivity contribution in [3.8, 4) is 5.75 Å². The molecule has 1 aliphatic carbocycles. The average Bonchev–Trinajstić information content (AvgIpc) is 3.55. The molecule has 2 bridgehead atoms. The summed E-state index contributed by atoms with van der Waals surface area (Å²) in [6.45, 7) is 7.89. The first kappa shape index (κ1) is 27.8. The number of methoxy groups -OCH3 is 1. The largest absolute Gasteiger partial charge is 0.494 e. The molecule has 2 saturated heterocycles. The fraction of sp³-hybridized carbons (Fsp3) is 0.630. The van der Waals surface area contributed by atoms with E-state index >= 15 is 0 Å². The van der Waals surface area contributed by atoms with Gasteiger partial charge in [0.05, 0.1) is 19.1 Å². The molecule has 2 heterocycles. The Morgan fingerprint density at radius 1 is 1.29 bits per heavy atom. The van der Waals surface area contributed by atoms with E-state index in [4.69, 9.17) is 14.2 Å². The standard InChI is InChI=1S/C27H36FN3O7/c1-6-37-18-12-19(32)38-23(18)30-25(35)27-11-10-15(13-27)14-31(27)24(34)21(26(2,3)4)29-22(33)16-8-7-9-17(36-5)20(16)28/h7-9,15,18,21,23H,6,10-14H2,1-5H3,(H,29,33)(H,30,35)/t15-,18+,21-,23-,27+/m1/s1. The number of halogens is 1. The lowest BCUT2D eigenvalue weighted by molar-refractivity contribution is -0.154. The van der Waals surface area contributed by atoms with Gasteiger partial charge in [-0.2, -0.15) is 0 Å². The third kappa shape index (κ3) is 5.08. The van der Waals surface area contributed by atoms with E-state index in [0.717, 1.165) is 6.42 Å². The number of hydrogen-bond acceptors (Lipinski definition) is 7. The number of piperidine rings is 1. The number of nitrogens with one attached hydrogen (secondary N) is 2. The number of cyclic esters (lactones) is 1. The van der Waals surface area contributed by atoms with Crippen LogP contribution in [0, 0.1) is 17.2 Å². The Hall–Kier alpha value is -3.21. The summed E-state index contributed by atoms with van der Waals surface area (Å²) < 4.78 is 30.6. The molecule has 0 spiro atoms. The SMILES string of the molecule is CCO[C@H]1CC(=O)O[C@H]1NC(=O)[C@@]12CC[C@@H](CN1C(=O)[C@@H](NC(=O)c1cccc(OC)c1F)C(C)(C)C)C2. The van der Waals surface area contributed by atoms with Gasteiger partial charge in [0.1, 0.15) is 17.7 Å². The molecular weight excluding hydrogens is 497 g/mol. The Morgan fingerprint density at radius 2 is 2.03 bits per heavy atom. The van der Waals surface area contributed by atoms with Crippen LogP contribution in [0.1, 0.15) is 63.7 Å². The lowest BCUT2D eigenvalue weighted by Crippen LogP contribution is -2.64. The van der Waals surface area contributed by atoms with E-state index in [1.54, 1.807) is 32.6 Å². The fourth-order valence-electron chi connectivity index (χ4n) is 5.73. The average molecular weight is 534 g/mol. The molecule has 3 amide bonds. The number of hydrogen-bond donors (Lipinski definition) is 2. The molecule has 2 N–H and O–H groups in total. The van der Waals surface area contributed by atoms with Gasteiger partial charge in [-0.25, -0.2) is 4.39 Å². The monoisotopic (exact) mass is 533 g/mol. The predicted octanol–water partition coefficient (Wildman–Crippen LogP) is 2.15. The molecule has 11 heteroatoms. The van der Waals surface area contributed by atoms with Crippen LogP contribution in [0.2, 0.25) is 0 Å². The smallest absolute Gasteiger partial charge is 0.310 e. The van der Waals surface area contributed by atoms with Gasteiger partial charge in [0.2, 0.25) is 18.0 Å². The van der Waals surface area contributed by atoms with Crippen molar-refractivity contribution in [1.29, 1.82) is 0 Å². The minimum absolute atomic E-state index is 0.0377. The molecule has 4 rings (SSSR count). The summed E-state index contributed by atoms with van der Waals surface area (Å²) >= 11 is 0. The normalized spacial score (nSPS) is 27.2. The highest BCUT2D eigenvalue weighted by atomic mass is 19.1. The number of carbonyl (C=O) groups is 4. The van der Waals surface area contributed by atoms with Gasteiger partial charge in [-0.05, 0) is 49.7 Å². The van der Waals surface area contributed by atoms with Gasteiger partial charge >= 0.3 is 5.97 Å². The molecule has 38 heavy (non-hydrogen) atoms. The van der Waals surface area contributed by atoms with Crippen molar-refractivity contribution in [3.63, 3.8) is 0 Å². The number of amides is 3. The van der Waals surface area contributed by atoms with E-state index in [9.17, 15) is 23.6 Å². The van der Waals surface area contributed by atoms with Gasteiger partial charge in [-0.15, -0.1) is 0 Å². The fourth-order valence-corrected chi connectivity index (χ4v) is 5.73. The van der Waals surface area contributed by atoms with Crippen molar-refractivity contribution >= 4 is 23.7 Å². The summed E-state index contributed by atoms with van der Waals surface area (Å²) in [5.41, 5.74) is -2.13. The third-order valence-corrected chi connectivity index (χ3v) is 7.67. The second-order valence-electron chi connectivity index (χ2n) is 11.3. The zero-order valence-electron chi connectivity index (χ0n) is 22.5. The summed E-state index contributed by atoms with van der Waals surface area (Å²) in [7, 11) is 1.30. The Kier molecular flexibility index (Phi) is 7.69. The molecule has 208 valence electrons. The maximum atomic E-state index is 14.8. The number of rotatable bonds is 8. The summed E-state index contributed by atoms with van der Waals surface area (Å²) in [4.78, 5) is 54.2. The molecule has 0 aromatic heterocycles. The third-order valence-electron chi connectivity index (χ3n) is 7.67. The maximum Gasteiger partial charge on any atom is 0.310 e. The zero-order valence-corrected chi connectivity index (χ0v) is 22.5. The number of carbonyl (C=O) groups excluding carboxylic acids is 4. The van der Waals surface area contributed by atoms with Crippen LogP contribution in [-0.4, -0.2) is 72.8 Å². The van der Waals surface area contributed by atoms with Gasteiger partial charge < -0.3 is 29.7 Å². The zero-order chi connectivity index (χ0) is 27.8. The minimum Gasteiger partial charge on any atom is -0.494 e. The van der Waals surface area contributed by atoms with Gasteiger partial charge in [0, 0.05) is 13.2 Å². The number of nitrogens with zero attached hydrogens (tertiary/aromatic N) is 1. The highest BCUT2D eigenvalue weighted by molar-refractivity contribution is 6.00. The Morgan fingerprint density at radius 3 is 2.66 bits per heavy atom. The van der Waals surface area contributed by atoms with Crippen molar-refractivity contribution in [2.75, 3.05) is 20.3 Å². The topological polar surface area (TPSA) is 123 Å². The van der Waals surface area contributed by atoms with Crippen molar-refractivity contribution in [2.24, 2.45) is 11.3 Å². The number of benzene rings is 1. The van der Waals surface area contributed by atoms with E-state index in [-0.39, 0.29) is 23.7 Å². The first-order valence-electron chi connectivity index (χ1n) is 13.0. The number of esters is 1. The molecule has 3 aliphatic rings. The molecular formula is C27H36FN3O7. The van der Waals surface area contributed by atoms with Crippen molar-refractivity contribution in [2.45, 2.75) is 77.3 Å². The first-order valence-corrected chi connectivity index (χ1v) is 13.0. The van der Waals surface area contributed by atoms with Gasteiger partial charge in [-0.1, -0.05) is 26.8 Å². The molecule has 1 aromatic rings. The number of ether oxygens (including phenoxy) is 3. The van der Waals surface area contributed by atoms with Crippen LogP contribution in [0.4, 0.5) is 4.39 Å². The van der Waals surface area contributed by atoms with Crippen LogP contribution in [0.5, 0.6) is 5.75 Å². The second kappa shape index (κ2) is 10.5. The van der Waals surface area contributed by atoms with Crippen LogP contribution >= 0.6 is 0 Å². The lowest BCUT2D eigenvalue weighted by atomic mass is 9.84. The summed E-state index contributed by atoms with van der Waals surface area (Å²) in [6, 6.07) is 3.18. The maximum absolute atomic E-state index is 14.8. The molecule has 1 aromatic carbocycles. The summed E-state index contributed by atoms with van der Waals surface area (Å²) in [6.07, 6.45) is 0.198. The van der Waals surface area contributed by atoms with Crippen LogP contribution in [0.25, 0.3) is 0 Å². The van der Waals surface area contributed by atoms with Gasteiger partial charge in [0.15, 0.2) is 11.6 Å². The molecule has 1 saturated carbocycles. The summed E-state index contributed by atoms with van der Waals surface area (Å²) in [5, 5.41) is 5.52. The van der Waals surface area contributed by atoms with Crippen LogP contribution in [0.3, 0.4) is 0 Å². The van der Waals surface area contributed by atoms with E-state index in [2.05, 4.69) is 10.6 Å². The van der Waals surface area contributed by atoms with Crippen molar-refractivity contribution in [1.82, 2.24) is 15.5 Å². The Balaban J connectivity index is 1.57. The van der Waals surface area contributed by atoms with Crippen molar-refractivity contribution in [3.05, 3.63) is 29.6 Å². The minimum atomic E-state index is -1.14. The summed E-state index contributed by atoms with van der Waals surface area (Å²) in [5.74, 6) is -2.82. The lowest BCUT2D eigenvalue weighted by Gasteiger charge is -2.42. The Bertz CT molecular complexity index is 1120. The van der Waals surface area contributed by atoms with Crippen LogP contribution in [-0.2, 0) is 23.9 Å². The van der Waals surface area contributed by atoms with E-state index in [0.29, 0.717) is 26.0 Å². The highest BCUT2D eigenvalue weighted by Crippen LogP contribution is 2.47. The first-order chi connectivity index (χ1) is 17.9. The molecule has 3 fully saturated rings. The molecule has 5 atom stereocenters. The van der Waals surface area contributed by atoms with E-state index in [1.807, 2.05) is 0 Å².